The molecular formula is C20H24FN5O3. The van der Waals surface area contributed by atoms with Crippen molar-refractivity contribution in [3.63, 3.8) is 0 Å². The predicted molar refractivity (Wildman–Crippen MR) is 104 cm³/mol. The van der Waals surface area contributed by atoms with Crippen LogP contribution in [0.2, 0.25) is 0 Å². The van der Waals surface area contributed by atoms with Gasteiger partial charge in [0.1, 0.15) is 17.6 Å². The number of carbonyl (C=O) groups excluding carboxylic acids is 3. The lowest BCUT2D eigenvalue weighted by atomic mass is 10.2. The Morgan fingerprint density at radius 2 is 1.97 bits per heavy atom. The van der Waals surface area contributed by atoms with E-state index < -0.39 is 11.9 Å². The summed E-state index contributed by atoms with van der Waals surface area (Å²) in [5, 5.41) is 9.47. The van der Waals surface area contributed by atoms with Crippen LogP contribution in [0, 0.1) is 5.82 Å². The van der Waals surface area contributed by atoms with Gasteiger partial charge < -0.3 is 15.5 Å². The molecule has 8 nitrogen and oxygen atoms in total. The van der Waals surface area contributed by atoms with Crippen LogP contribution in [0.4, 0.5) is 4.39 Å². The summed E-state index contributed by atoms with van der Waals surface area (Å²) < 4.78 is 14.6. The number of halogens is 1. The van der Waals surface area contributed by atoms with Gasteiger partial charge in [-0.2, -0.15) is 5.10 Å². The topological polar surface area (TPSA) is 96.3 Å². The Bertz CT molecular complexity index is 909. The molecule has 0 bridgehead atoms. The molecule has 29 heavy (non-hydrogen) atoms. The smallest absolute Gasteiger partial charge is 0.272 e. The van der Waals surface area contributed by atoms with E-state index in [1.807, 2.05) is 0 Å². The Morgan fingerprint density at radius 3 is 2.66 bits per heavy atom. The molecule has 154 valence electrons. The van der Waals surface area contributed by atoms with Gasteiger partial charge in [-0.15, -0.1) is 0 Å². The van der Waals surface area contributed by atoms with Crippen molar-refractivity contribution in [2.45, 2.75) is 39.4 Å². The van der Waals surface area contributed by atoms with E-state index in [4.69, 9.17) is 0 Å². The third-order valence-electron chi connectivity index (χ3n) is 4.70. The summed E-state index contributed by atoms with van der Waals surface area (Å²) in [5.74, 6) is -1.37. The predicted octanol–water partition coefficient (Wildman–Crippen LogP) is 1.32. The fourth-order valence-electron chi connectivity index (χ4n) is 3.17. The van der Waals surface area contributed by atoms with Crippen LogP contribution in [0.5, 0.6) is 0 Å². The van der Waals surface area contributed by atoms with E-state index in [2.05, 4.69) is 15.7 Å². The molecule has 0 spiro atoms. The van der Waals surface area contributed by atoms with Crippen LogP contribution in [0.1, 0.15) is 46.8 Å². The monoisotopic (exact) mass is 401 g/mol. The molecule has 9 heteroatoms. The van der Waals surface area contributed by atoms with Crippen LogP contribution < -0.4 is 10.6 Å². The first-order valence-electron chi connectivity index (χ1n) is 9.59. The molecule has 1 aliphatic rings. The molecule has 0 saturated heterocycles. The summed E-state index contributed by atoms with van der Waals surface area (Å²) in [5.41, 5.74) is 1.23. The second-order valence-corrected chi connectivity index (χ2v) is 6.93. The van der Waals surface area contributed by atoms with E-state index in [0.29, 0.717) is 38.3 Å². The number of nitrogens with one attached hydrogen (secondary N) is 2. The highest BCUT2D eigenvalue weighted by atomic mass is 19.1. The maximum absolute atomic E-state index is 13.1. The van der Waals surface area contributed by atoms with Gasteiger partial charge in [0.15, 0.2) is 5.69 Å². The van der Waals surface area contributed by atoms with Crippen molar-refractivity contribution >= 4 is 17.7 Å². The lowest BCUT2D eigenvalue weighted by molar-refractivity contribution is -0.122. The molecule has 0 fully saturated rings. The molecule has 2 heterocycles. The van der Waals surface area contributed by atoms with Crippen LogP contribution in [0.3, 0.4) is 0 Å². The van der Waals surface area contributed by atoms with Crippen molar-refractivity contribution in [3.05, 3.63) is 53.1 Å². The first-order valence-corrected chi connectivity index (χ1v) is 9.59. The van der Waals surface area contributed by atoms with Crippen molar-refractivity contribution in [2.24, 2.45) is 0 Å². The first-order chi connectivity index (χ1) is 13.9. The van der Waals surface area contributed by atoms with Gasteiger partial charge in [0.2, 0.25) is 5.91 Å². The molecule has 0 aliphatic carbocycles. The third kappa shape index (κ3) is 4.79. The molecular weight excluding hydrogens is 377 g/mol. The molecule has 1 atom stereocenters. The second kappa shape index (κ2) is 8.85. The van der Waals surface area contributed by atoms with Crippen LogP contribution >= 0.6 is 0 Å². The number of likely N-dealkylation sites (N-methyl/N-ethyl adjacent to an activating group) is 1. The number of fused-ring (bicyclic) bond motifs is 1. The van der Waals surface area contributed by atoms with Gasteiger partial charge in [-0.1, -0.05) is 12.1 Å². The molecule has 1 aromatic heterocycles. The van der Waals surface area contributed by atoms with Gasteiger partial charge in [0.05, 0.1) is 0 Å². The first kappa shape index (κ1) is 20.5. The van der Waals surface area contributed by atoms with Gasteiger partial charge in [0, 0.05) is 32.2 Å². The van der Waals surface area contributed by atoms with E-state index in [-0.39, 0.29) is 23.3 Å². The van der Waals surface area contributed by atoms with E-state index in [9.17, 15) is 18.8 Å². The highest BCUT2D eigenvalue weighted by Gasteiger charge is 2.27. The number of hydrogen-bond donors (Lipinski definition) is 2. The number of hydrogen-bond acceptors (Lipinski definition) is 4. The Kier molecular flexibility index (Phi) is 6.26. The van der Waals surface area contributed by atoms with E-state index in [1.165, 1.54) is 22.9 Å². The van der Waals surface area contributed by atoms with Gasteiger partial charge in [0.25, 0.3) is 11.8 Å². The summed E-state index contributed by atoms with van der Waals surface area (Å²) in [4.78, 5) is 38.9. The standard InChI is InChI=1S/C20H24FN5O3/c1-3-22-18(27)13(2)23-19(28)16-11-17-20(29)25(9-4-10-26(17)24-16)12-14-5-7-15(21)8-6-14/h5-8,11,13H,3-4,9-10,12H2,1-2H3,(H,22,27)(H,23,28)/t13-/m0/s1. The second-order valence-electron chi connectivity index (χ2n) is 6.93. The minimum Gasteiger partial charge on any atom is -0.355 e. The van der Waals surface area contributed by atoms with E-state index >= 15 is 0 Å². The van der Waals surface area contributed by atoms with Crippen molar-refractivity contribution in [3.8, 4) is 0 Å². The Labute approximate surface area is 168 Å². The quantitative estimate of drug-likeness (QED) is 0.763. The molecule has 2 aromatic rings. The van der Waals surface area contributed by atoms with Crippen LogP contribution in [-0.4, -0.2) is 51.5 Å². The minimum atomic E-state index is -0.713. The molecule has 3 amide bonds. The number of benzene rings is 1. The molecule has 3 rings (SSSR count). The van der Waals surface area contributed by atoms with Gasteiger partial charge in [-0.25, -0.2) is 4.39 Å². The maximum atomic E-state index is 13.1. The average Bonchev–Trinajstić information content (AvgIpc) is 3.07. The van der Waals surface area contributed by atoms with E-state index in [1.54, 1.807) is 30.9 Å². The summed E-state index contributed by atoms with van der Waals surface area (Å²) in [6.45, 7) is 5.23. The normalized spacial score (nSPS) is 14.7. The lowest BCUT2D eigenvalue weighted by Crippen LogP contribution is -2.44. The lowest BCUT2D eigenvalue weighted by Gasteiger charge is -2.20. The van der Waals surface area contributed by atoms with Gasteiger partial charge in [-0.3, -0.25) is 19.1 Å². The van der Waals surface area contributed by atoms with Crippen LogP contribution in [0.25, 0.3) is 0 Å². The number of nitrogens with zero attached hydrogens (tertiary/aromatic N) is 3. The van der Waals surface area contributed by atoms with Crippen LogP contribution in [-0.2, 0) is 17.9 Å². The summed E-state index contributed by atoms with van der Waals surface area (Å²) in [6, 6.07) is 6.75. The fourth-order valence-corrected chi connectivity index (χ4v) is 3.17. The largest absolute Gasteiger partial charge is 0.355 e. The molecule has 0 unspecified atom stereocenters. The molecule has 1 aromatic carbocycles. The highest BCUT2D eigenvalue weighted by Crippen LogP contribution is 2.17. The SMILES string of the molecule is CCNC(=O)[C@H](C)NC(=O)c1cc2n(n1)CCCN(Cc1ccc(F)cc1)C2=O. The molecule has 2 N–H and O–H groups in total. The average molecular weight is 401 g/mol. The van der Waals surface area contributed by atoms with E-state index in [0.717, 1.165) is 5.56 Å². The molecule has 0 saturated carbocycles. The fraction of sp³-hybridized carbons (Fsp3) is 0.400. The summed E-state index contributed by atoms with van der Waals surface area (Å²) in [7, 11) is 0. The third-order valence-corrected chi connectivity index (χ3v) is 4.70. The number of carbonyl (C=O) groups is 3. The molecule has 1 aliphatic heterocycles. The zero-order chi connectivity index (χ0) is 21.0. The number of aryl methyl sites for hydroxylation is 1. The molecule has 0 radical (unpaired) electrons. The Balaban J connectivity index is 1.73. The Hall–Kier alpha value is -3.23. The van der Waals surface area contributed by atoms with Gasteiger partial charge >= 0.3 is 0 Å². The maximum Gasteiger partial charge on any atom is 0.272 e. The van der Waals surface area contributed by atoms with Crippen molar-refractivity contribution in [1.29, 1.82) is 0 Å². The zero-order valence-corrected chi connectivity index (χ0v) is 16.4. The zero-order valence-electron chi connectivity index (χ0n) is 16.4. The van der Waals surface area contributed by atoms with Crippen LogP contribution in [0.15, 0.2) is 30.3 Å². The number of amides is 3. The number of aromatic nitrogens is 2. The highest BCUT2D eigenvalue weighted by molar-refractivity contribution is 5.99. The summed E-state index contributed by atoms with van der Waals surface area (Å²) in [6.07, 6.45) is 0.679. The van der Waals surface area contributed by atoms with Gasteiger partial charge in [-0.05, 0) is 38.0 Å². The number of rotatable bonds is 6. The minimum absolute atomic E-state index is 0.0909. The summed E-state index contributed by atoms with van der Waals surface area (Å²) >= 11 is 0. The Morgan fingerprint density at radius 1 is 1.24 bits per heavy atom. The van der Waals surface area contributed by atoms with Crippen molar-refractivity contribution < 1.29 is 18.8 Å². The van der Waals surface area contributed by atoms with Crippen molar-refractivity contribution in [2.75, 3.05) is 13.1 Å². The van der Waals surface area contributed by atoms with Crippen molar-refractivity contribution in [1.82, 2.24) is 25.3 Å².